The molecule has 1 saturated heterocycles. The second-order valence-electron chi connectivity index (χ2n) is 9.97. The molecule has 190 valence electrons. The van der Waals surface area contributed by atoms with Gasteiger partial charge in [0.2, 0.25) is 0 Å². The quantitative estimate of drug-likeness (QED) is 0.451. The Morgan fingerprint density at radius 3 is 2.65 bits per heavy atom. The van der Waals surface area contributed by atoms with E-state index in [1.54, 1.807) is 4.68 Å². The number of fused-ring (bicyclic) bond motifs is 1. The van der Waals surface area contributed by atoms with Gasteiger partial charge in [0.15, 0.2) is 0 Å². The van der Waals surface area contributed by atoms with Crippen molar-refractivity contribution < 1.29 is 9.53 Å². The Morgan fingerprint density at radius 1 is 1.11 bits per heavy atom. The van der Waals surface area contributed by atoms with E-state index in [9.17, 15) is 4.79 Å². The van der Waals surface area contributed by atoms with Gasteiger partial charge in [-0.05, 0) is 80.9 Å². The molecule has 1 amide bonds. The molecule has 1 fully saturated rings. The molecule has 0 atom stereocenters. The summed E-state index contributed by atoms with van der Waals surface area (Å²) >= 11 is 0. The monoisotopic (exact) mass is 497 g/mol. The highest BCUT2D eigenvalue weighted by Crippen LogP contribution is 2.30. The van der Waals surface area contributed by atoms with Crippen LogP contribution in [0, 0.1) is 0 Å². The summed E-state index contributed by atoms with van der Waals surface area (Å²) < 4.78 is 7.18. The zero-order chi connectivity index (χ0) is 25.4. The molecule has 0 aliphatic carbocycles. The van der Waals surface area contributed by atoms with Crippen molar-refractivity contribution in [1.29, 1.82) is 0 Å². The third-order valence-corrected chi connectivity index (χ3v) is 7.49. The van der Waals surface area contributed by atoms with E-state index < -0.39 is 0 Å². The van der Waals surface area contributed by atoms with Crippen molar-refractivity contribution in [3.05, 3.63) is 65.9 Å². The Hall–Kier alpha value is -3.82. The fraction of sp³-hybridized carbons (Fsp3) is 0.357. The minimum atomic E-state index is 0.0847. The van der Waals surface area contributed by atoms with Gasteiger partial charge in [0, 0.05) is 30.1 Å². The average Bonchev–Trinajstić information content (AvgIpc) is 3.60. The van der Waals surface area contributed by atoms with E-state index in [1.807, 2.05) is 35.4 Å². The van der Waals surface area contributed by atoms with Crippen LogP contribution in [0.25, 0.3) is 33.6 Å². The highest BCUT2D eigenvalue weighted by atomic mass is 16.5. The third kappa shape index (κ3) is 4.68. The van der Waals surface area contributed by atoms with Gasteiger partial charge in [0.25, 0.3) is 5.91 Å². The summed E-state index contributed by atoms with van der Waals surface area (Å²) in [5, 5.41) is 17.4. The number of ether oxygens (including phenoxy) is 1. The maximum Gasteiger partial charge on any atom is 0.253 e. The molecule has 9 nitrogen and oxygen atoms in total. The number of aromatic nitrogens is 5. The first-order valence-electron chi connectivity index (χ1n) is 12.8. The van der Waals surface area contributed by atoms with E-state index in [1.165, 1.54) is 11.1 Å². The van der Waals surface area contributed by atoms with Crippen LogP contribution < -0.4 is 0 Å². The Kier molecular flexibility index (Phi) is 6.31. The van der Waals surface area contributed by atoms with Crippen LogP contribution in [-0.4, -0.2) is 87.3 Å². The van der Waals surface area contributed by atoms with E-state index in [-0.39, 0.29) is 5.91 Å². The lowest BCUT2D eigenvalue weighted by molar-refractivity contribution is 0.0663. The molecule has 0 radical (unpaired) electrons. The standard InChI is InChI=1S/C28H31N7O2/c1-33(2)22-9-13-34(14-10-22)28(36)20-3-6-23(7-4-20)35-18-26(30-32-35)27-24-17-21(5-8-25(24)29-31-27)19-11-15-37-16-12-19/h3-8,11,17-18,22H,9-10,12-16H2,1-2H3,(H,29,31). The lowest BCUT2D eigenvalue weighted by Crippen LogP contribution is -2.44. The number of amides is 1. The highest BCUT2D eigenvalue weighted by molar-refractivity contribution is 5.95. The van der Waals surface area contributed by atoms with Gasteiger partial charge in [-0.1, -0.05) is 17.4 Å². The summed E-state index contributed by atoms with van der Waals surface area (Å²) in [4.78, 5) is 17.2. The van der Waals surface area contributed by atoms with Gasteiger partial charge in [-0.3, -0.25) is 9.89 Å². The summed E-state index contributed by atoms with van der Waals surface area (Å²) in [5.41, 5.74) is 6.42. The molecule has 2 aromatic heterocycles. The molecular formula is C28H31N7O2. The number of nitrogens with zero attached hydrogens (tertiary/aromatic N) is 6. The number of piperidine rings is 1. The maximum atomic E-state index is 13.0. The van der Waals surface area contributed by atoms with E-state index >= 15 is 0 Å². The van der Waals surface area contributed by atoms with Crippen LogP contribution in [0.15, 0.2) is 54.7 Å². The molecule has 4 aromatic rings. The molecule has 0 spiro atoms. The van der Waals surface area contributed by atoms with Crippen molar-refractivity contribution in [2.24, 2.45) is 0 Å². The summed E-state index contributed by atoms with van der Waals surface area (Å²) in [5.74, 6) is 0.0847. The second kappa shape index (κ2) is 9.91. The predicted molar refractivity (Wildman–Crippen MR) is 142 cm³/mol. The van der Waals surface area contributed by atoms with E-state index in [0.717, 1.165) is 61.2 Å². The van der Waals surface area contributed by atoms with Gasteiger partial charge in [-0.25, -0.2) is 4.68 Å². The van der Waals surface area contributed by atoms with Crippen LogP contribution in [0.5, 0.6) is 0 Å². The molecule has 2 aliphatic rings. The first-order valence-corrected chi connectivity index (χ1v) is 12.8. The number of carbonyl (C=O) groups excluding carboxylic acids is 1. The molecule has 2 aliphatic heterocycles. The van der Waals surface area contributed by atoms with Gasteiger partial charge in [-0.2, -0.15) is 5.10 Å². The number of hydrogen-bond acceptors (Lipinski definition) is 6. The molecule has 1 N–H and O–H groups in total. The number of H-pyrrole nitrogens is 1. The number of aromatic amines is 1. The summed E-state index contributed by atoms with van der Waals surface area (Å²) in [6.07, 6.45) is 6.93. The maximum absolute atomic E-state index is 13.0. The average molecular weight is 498 g/mol. The minimum absolute atomic E-state index is 0.0847. The van der Waals surface area contributed by atoms with Gasteiger partial charge in [0.1, 0.15) is 11.4 Å². The summed E-state index contributed by atoms with van der Waals surface area (Å²) in [6.45, 7) is 2.98. The number of carbonyl (C=O) groups is 1. The lowest BCUT2D eigenvalue weighted by Gasteiger charge is -2.35. The van der Waals surface area contributed by atoms with Crippen molar-refractivity contribution in [2.45, 2.75) is 25.3 Å². The highest BCUT2D eigenvalue weighted by Gasteiger charge is 2.24. The Morgan fingerprint density at radius 2 is 1.92 bits per heavy atom. The second-order valence-corrected chi connectivity index (χ2v) is 9.97. The molecule has 9 heteroatoms. The molecule has 4 heterocycles. The van der Waals surface area contributed by atoms with Crippen molar-refractivity contribution in [2.75, 3.05) is 40.4 Å². The van der Waals surface area contributed by atoms with Gasteiger partial charge >= 0.3 is 0 Å². The number of benzene rings is 2. The zero-order valence-corrected chi connectivity index (χ0v) is 21.2. The van der Waals surface area contributed by atoms with Gasteiger partial charge in [0.05, 0.1) is 30.6 Å². The molecule has 37 heavy (non-hydrogen) atoms. The molecule has 0 saturated carbocycles. The number of rotatable bonds is 5. The van der Waals surface area contributed by atoms with E-state index in [4.69, 9.17) is 4.74 Å². The molecule has 2 aromatic carbocycles. The van der Waals surface area contributed by atoms with Crippen molar-refractivity contribution in [3.8, 4) is 17.1 Å². The van der Waals surface area contributed by atoms with Crippen LogP contribution in [0.2, 0.25) is 0 Å². The third-order valence-electron chi connectivity index (χ3n) is 7.49. The SMILES string of the molecule is CN(C)C1CCN(C(=O)c2ccc(-n3cc(-c4n[nH]c5ccc(C6=CCOCC6)cc45)nn3)cc2)CC1. The van der Waals surface area contributed by atoms with E-state index in [2.05, 4.69) is 63.8 Å². The largest absolute Gasteiger partial charge is 0.377 e. The first-order chi connectivity index (χ1) is 18.1. The fourth-order valence-corrected chi connectivity index (χ4v) is 5.22. The van der Waals surface area contributed by atoms with Crippen molar-refractivity contribution in [1.82, 2.24) is 35.0 Å². The number of likely N-dealkylation sites (tertiary alicyclic amines) is 1. The Labute approximate surface area is 215 Å². The topological polar surface area (TPSA) is 92.2 Å². The molecule has 0 unspecified atom stereocenters. The normalized spacial score (nSPS) is 16.9. The molecule has 0 bridgehead atoms. The van der Waals surface area contributed by atoms with Crippen LogP contribution in [0.3, 0.4) is 0 Å². The van der Waals surface area contributed by atoms with Gasteiger partial charge in [-0.15, -0.1) is 5.10 Å². The predicted octanol–water partition coefficient (Wildman–Crippen LogP) is 3.78. The van der Waals surface area contributed by atoms with Crippen molar-refractivity contribution >= 4 is 22.4 Å². The smallest absolute Gasteiger partial charge is 0.253 e. The minimum Gasteiger partial charge on any atom is -0.377 e. The molecular weight excluding hydrogens is 466 g/mol. The first kappa shape index (κ1) is 23.6. The Bertz CT molecular complexity index is 1440. The van der Waals surface area contributed by atoms with Crippen molar-refractivity contribution in [3.63, 3.8) is 0 Å². The van der Waals surface area contributed by atoms with Crippen LogP contribution >= 0.6 is 0 Å². The zero-order valence-electron chi connectivity index (χ0n) is 21.2. The van der Waals surface area contributed by atoms with Gasteiger partial charge < -0.3 is 14.5 Å². The summed E-state index contributed by atoms with van der Waals surface area (Å²) in [6, 6.07) is 14.4. The lowest BCUT2D eigenvalue weighted by atomic mass is 9.99. The van der Waals surface area contributed by atoms with E-state index in [0.29, 0.717) is 23.9 Å². The molecule has 6 rings (SSSR count). The number of hydrogen-bond donors (Lipinski definition) is 1. The van der Waals surface area contributed by atoms with Crippen LogP contribution in [0.1, 0.15) is 35.2 Å². The Balaban J connectivity index is 1.20. The summed E-state index contributed by atoms with van der Waals surface area (Å²) in [7, 11) is 4.21. The number of nitrogens with one attached hydrogen (secondary N) is 1. The fourth-order valence-electron chi connectivity index (χ4n) is 5.22. The van der Waals surface area contributed by atoms with Crippen LogP contribution in [-0.2, 0) is 4.74 Å². The van der Waals surface area contributed by atoms with Crippen LogP contribution in [0.4, 0.5) is 0 Å².